The first-order valence-electron chi connectivity index (χ1n) is 7.16. The molecule has 0 aliphatic carbocycles. The van der Waals surface area contributed by atoms with Crippen LogP contribution >= 0.6 is 0 Å². The van der Waals surface area contributed by atoms with Crippen LogP contribution in [-0.4, -0.2) is 11.0 Å². The first kappa shape index (κ1) is 15.5. The van der Waals surface area contributed by atoms with E-state index in [0.29, 0.717) is 12.1 Å². The molecular formula is C17H18N4O. The van der Waals surface area contributed by atoms with Crippen molar-refractivity contribution in [3.05, 3.63) is 65.5 Å². The highest BCUT2D eigenvalue weighted by molar-refractivity contribution is 5.74. The van der Waals surface area contributed by atoms with E-state index >= 15 is 0 Å². The maximum atomic E-state index is 12.0. The lowest BCUT2D eigenvalue weighted by atomic mass is 10.1. The van der Waals surface area contributed by atoms with Gasteiger partial charge in [0.25, 0.3) is 0 Å². The number of nitrogens with zero attached hydrogens (tertiary/aromatic N) is 2. The molecule has 5 nitrogen and oxygen atoms in total. The molecule has 0 aliphatic heterocycles. The van der Waals surface area contributed by atoms with E-state index in [-0.39, 0.29) is 12.1 Å². The SMILES string of the molecule is CC[C@H](NC(=O)NCc1cccc(C#N)c1)c1ccncc1. The summed E-state index contributed by atoms with van der Waals surface area (Å²) in [5.74, 6) is 0. The molecule has 0 bridgehead atoms. The highest BCUT2D eigenvalue weighted by Crippen LogP contribution is 2.14. The summed E-state index contributed by atoms with van der Waals surface area (Å²) in [6.45, 7) is 2.40. The van der Waals surface area contributed by atoms with E-state index in [1.807, 2.05) is 25.1 Å². The van der Waals surface area contributed by atoms with E-state index in [0.717, 1.165) is 17.5 Å². The molecule has 1 aromatic heterocycles. The molecule has 112 valence electrons. The molecule has 1 atom stereocenters. The Kier molecular flexibility index (Phi) is 5.50. The highest BCUT2D eigenvalue weighted by atomic mass is 16.2. The smallest absolute Gasteiger partial charge is 0.315 e. The van der Waals surface area contributed by atoms with Gasteiger partial charge in [0.1, 0.15) is 0 Å². The minimum Gasteiger partial charge on any atom is -0.334 e. The molecule has 22 heavy (non-hydrogen) atoms. The van der Waals surface area contributed by atoms with Gasteiger partial charge in [0.05, 0.1) is 17.7 Å². The summed E-state index contributed by atoms with van der Waals surface area (Å²) in [5, 5.41) is 14.6. The first-order valence-corrected chi connectivity index (χ1v) is 7.16. The Morgan fingerprint density at radius 1 is 1.32 bits per heavy atom. The summed E-state index contributed by atoms with van der Waals surface area (Å²) in [6, 6.07) is 12.8. The zero-order chi connectivity index (χ0) is 15.8. The first-order chi connectivity index (χ1) is 10.7. The molecule has 0 spiro atoms. The number of amides is 2. The summed E-state index contributed by atoms with van der Waals surface area (Å²) >= 11 is 0. The van der Waals surface area contributed by atoms with E-state index in [1.165, 1.54) is 0 Å². The molecule has 0 fully saturated rings. The lowest BCUT2D eigenvalue weighted by Gasteiger charge is -2.17. The number of nitriles is 1. The lowest BCUT2D eigenvalue weighted by molar-refractivity contribution is 0.236. The quantitative estimate of drug-likeness (QED) is 0.890. The van der Waals surface area contributed by atoms with Crippen molar-refractivity contribution >= 4 is 6.03 Å². The molecule has 2 N–H and O–H groups in total. The van der Waals surface area contributed by atoms with Crippen LogP contribution in [0, 0.1) is 11.3 Å². The Hall–Kier alpha value is -2.87. The summed E-state index contributed by atoms with van der Waals surface area (Å²) in [7, 11) is 0. The van der Waals surface area contributed by atoms with Crippen molar-refractivity contribution in [1.29, 1.82) is 5.26 Å². The van der Waals surface area contributed by atoms with Gasteiger partial charge in [-0.25, -0.2) is 4.79 Å². The number of pyridine rings is 1. The van der Waals surface area contributed by atoms with Crippen LogP contribution in [0.2, 0.25) is 0 Å². The predicted octanol–water partition coefficient (Wildman–Crippen LogP) is 2.90. The van der Waals surface area contributed by atoms with Gasteiger partial charge in [0.2, 0.25) is 0 Å². The molecule has 0 unspecified atom stereocenters. The third kappa shape index (κ3) is 4.32. The number of nitrogens with one attached hydrogen (secondary N) is 2. The molecule has 0 radical (unpaired) electrons. The van der Waals surface area contributed by atoms with Crippen molar-refractivity contribution in [2.75, 3.05) is 0 Å². The van der Waals surface area contributed by atoms with Gasteiger partial charge < -0.3 is 10.6 Å². The monoisotopic (exact) mass is 294 g/mol. The minimum absolute atomic E-state index is 0.0477. The van der Waals surface area contributed by atoms with E-state index in [9.17, 15) is 4.79 Å². The molecule has 0 saturated heterocycles. The molecule has 0 aliphatic rings. The molecule has 2 amide bonds. The third-order valence-electron chi connectivity index (χ3n) is 3.33. The number of carbonyl (C=O) groups excluding carboxylic acids is 1. The summed E-state index contributed by atoms with van der Waals surface area (Å²) in [4.78, 5) is 16.0. The molecule has 1 heterocycles. The number of urea groups is 1. The van der Waals surface area contributed by atoms with Crippen molar-refractivity contribution in [2.24, 2.45) is 0 Å². The van der Waals surface area contributed by atoms with E-state index in [2.05, 4.69) is 21.7 Å². The Morgan fingerprint density at radius 3 is 2.77 bits per heavy atom. The van der Waals surface area contributed by atoms with Crippen molar-refractivity contribution in [2.45, 2.75) is 25.9 Å². The third-order valence-corrected chi connectivity index (χ3v) is 3.33. The second-order valence-corrected chi connectivity index (χ2v) is 4.88. The number of hydrogen-bond acceptors (Lipinski definition) is 3. The van der Waals surface area contributed by atoms with E-state index in [1.54, 1.807) is 30.6 Å². The fourth-order valence-corrected chi connectivity index (χ4v) is 2.16. The molecule has 2 aromatic rings. The van der Waals surface area contributed by atoms with Crippen LogP contribution in [0.3, 0.4) is 0 Å². The maximum Gasteiger partial charge on any atom is 0.315 e. The van der Waals surface area contributed by atoms with Crippen LogP contribution in [0.5, 0.6) is 0 Å². The zero-order valence-corrected chi connectivity index (χ0v) is 12.4. The fourth-order valence-electron chi connectivity index (χ4n) is 2.16. The summed E-state index contributed by atoms with van der Waals surface area (Å²) < 4.78 is 0. The molecule has 2 rings (SSSR count). The fraction of sp³-hybridized carbons (Fsp3) is 0.235. The van der Waals surface area contributed by atoms with Gasteiger partial charge in [-0.1, -0.05) is 19.1 Å². The Labute approximate surface area is 130 Å². The second kappa shape index (κ2) is 7.79. The number of rotatable bonds is 5. The minimum atomic E-state index is -0.231. The van der Waals surface area contributed by atoms with Crippen molar-refractivity contribution < 1.29 is 4.79 Å². The number of benzene rings is 1. The zero-order valence-electron chi connectivity index (χ0n) is 12.4. The topological polar surface area (TPSA) is 77.8 Å². The Bertz CT molecular complexity index is 664. The molecule has 5 heteroatoms. The summed E-state index contributed by atoms with van der Waals surface area (Å²) in [6.07, 6.45) is 4.22. The molecular weight excluding hydrogens is 276 g/mol. The number of carbonyl (C=O) groups is 1. The van der Waals surface area contributed by atoms with Gasteiger partial charge in [0, 0.05) is 18.9 Å². The molecule has 0 saturated carbocycles. The second-order valence-electron chi connectivity index (χ2n) is 4.88. The van der Waals surface area contributed by atoms with Crippen LogP contribution in [0.15, 0.2) is 48.8 Å². The van der Waals surface area contributed by atoms with Gasteiger partial charge in [-0.15, -0.1) is 0 Å². The average molecular weight is 294 g/mol. The Morgan fingerprint density at radius 2 is 2.09 bits per heavy atom. The normalized spacial score (nSPS) is 11.3. The Balaban J connectivity index is 1.91. The van der Waals surface area contributed by atoms with Crippen LogP contribution in [-0.2, 0) is 6.54 Å². The van der Waals surface area contributed by atoms with E-state index < -0.39 is 0 Å². The highest BCUT2D eigenvalue weighted by Gasteiger charge is 2.12. The van der Waals surface area contributed by atoms with E-state index in [4.69, 9.17) is 5.26 Å². The number of hydrogen-bond donors (Lipinski definition) is 2. The van der Waals surface area contributed by atoms with Crippen LogP contribution in [0.25, 0.3) is 0 Å². The van der Waals surface area contributed by atoms with Crippen LogP contribution < -0.4 is 10.6 Å². The van der Waals surface area contributed by atoms with Crippen LogP contribution in [0.4, 0.5) is 4.79 Å². The largest absolute Gasteiger partial charge is 0.334 e. The van der Waals surface area contributed by atoms with Gasteiger partial charge in [-0.2, -0.15) is 5.26 Å². The van der Waals surface area contributed by atoms with Crippen LogP contribution in [0.1, 0.15) is 36.1 Å². The van der Waals surface area contributed by atoms with Crippen molar-refractivity contribution in [3.8, 4) is 6.07 Å². The van der Waals surface area contributed by atoms with Gasteiger partial charge in [-0.3, -0.25) is 4.98 Å². The van der Waals surface area contributed by atoms with Gasteiger partial charge in [0.15, 0.2) is 0 Å². The maximum absolute atomic E-state index is 12.0. The van der Waals surface area contributed by atoms with Gasteiger partial charge >= 0.3 is 6.03 Å². The average Bonchev–Trinajstić information content (AvgIpc) is 2.58. The predicted molar refractivity (Wildman–Crippen MR) is 83.8 cm³/mol. The molecule has 1 aromatic carbocycles. The summed E-state index contributed by atoms with van der Waals surface area (Å²) in [5.41, 5.74) is 2.51. The number of aromatic nitrogens is 1. The van der Waals surface area contributed by atoms with Crippen molar-refractivity contribution in [3.63, 3.8) is 0 Å². The lowest BCUT2D eigenvalue weighted by Crippen LogP contribution is -2.37. The van der Waals surface area contributed by atoms with Crippen molar-refractivity contribution in [1.82, 2.24) is 15.6 Å². The standard InChI is InChI=1S/C17H18N4O/c1-2-16(15-6-8-19-9-7-15)21-17(22)20-12-14-5-3-4-13(10-14)11-18/h3-10,16H,2,12H2,1H3,(H2,20,21,22)/t16-/m0/s1. The van der Waals surface area contributed by atoms with Gasteiger partial charge in [-0.05, 0) is 41.8 Å².